The van der Waals surface area contributed by atoms with E-state index in [9.17, 15) is 0 Å². The number of nitrogens with zero attached hydrogens (tertiary/aromatic N) is 1. The van der Waals surface area contributed by atoms with Gasteiger partial charge in [0, 0.05) is 24.3 Å². The highest BCUT2D eigenvalue weighted by molar-refractivity contribution is 6.19. The van der Waals surface area contributed by atoms with Gasteiger partial charge in [0.05, 0.1) is 7.11 Å². The summed E-state index contributed by atoms with van der Waals surface area (Å²) in [6, 6.07) is 7.69. The molecule has 0 bridgehead atoms. The minimum atomic E-state index is -0.504. The molecule has 87 valence electrons. The van der Waals surface area contributed by atoms with Gasteiger partial charge < -0.3 is 12.3 Å². The Balaban J connectivity index is 2.58. The van der Waals surface area contributed by atoms with Crippen molar-refractivity contribution in [1.29, 1.82) is 0 Å². The summed E-state index contributed by atoms with van der Waals surface area (Å²) in [6.45, 7) is 1.93. The zero-order chi connectivity index (χ0) is 12.3. The summed E-state index contributed by atoms with van der Waals surface area (Å²) in [4.78, 5) is 4.49. The molecule has 2 aromatic rings. The summed E-state index contributed by atoms with van der Waals surface area (Å²) in [7, 11) is 3.28. The van der Waals surface area contributed by atoms with Gasteiger partial charge in [0.1, 0.15) is 17.0 Å². The molecule has 0 spiro atoms. The number of ether oxygens (including phenoxy) is 1. The van der Waals surface area contributed by atoms with Crippen LogP contribution < -0.4 is 8.53 Å². The van der Waals surface area contributed by atoms with Crippen LogP contribution >= 0.6 is 0 Å². The van der Waals surface area contributed by atoms with Crippen molar-refractivity contribution in [2.45, 2.75) is 6.92 Å². The first kappa shape index (κ1) is 12.2. The lowest BCUT2D eigenvalue weighted by Crippen LogP contribution is -2.05. The van der Waals surface area contributed by atoms with Crippen molar-refractivity contribution >= 4 is 26.8 Å². The number of fused-ring (bicyclic) bond motifs is 1. The molecule has 0 aliphatic heterocycles. The molecule has 0 aliphatic carbocycles. The second-order valence-electron chi connectivity index (χ2n) is 3.57. The average molecular weight is 246 g/mol. The molecule has 0 aliphatic rings. The lowest BCUT2D eigenvalue weighted by atomic mass is 10.1. The third-order valence-electron chi connectivity index (χ3n) is 2.38. The van der Waals surface area contributed by atoms with Gasteiger partial charge in [0.25, 0.3) is 0 Å². The number of aryl methyl sites for hydroxylation is 1. The standard InChI is InChI=1S/C11H11NO2.CH3O.Al/c1-7-6-10(14-2)8-4-3-5-9(13)11(8)12-7;1-2;/h3-6,13H,1-2H3;1H3;/q;-1;+2/p-1. The molecule has 0 unspecified atom stereocenters. The number of rotatable bonds is 4. The monoisotopic (exact) mass is 246 g/mol. The van der Waals surface area contributed by atoms with Gasteiger partial charge in [0.15, 0.2) is 0 Å². The molecule has 0 saturated heterocycles. The summed E-state index contributed by atoms with van der Waals surface area (Å²) in [5, 5.41) is 0.950. The molecule has 2 rings (SSSR count). The molecular weight excluding hydrogens is 233 g/mol. The molecule has 1 radical (unpaired) electrons. The predicted molar refractivity (Wildman–Crippen MR) is 66.4 cm³/mol. The maximum Gasteiger partial charge on any atom is 0.774 e. The summed E-state index contributed by atoms with van der Waals surface area (Å²) in [5.74, 6) is 1.55. The largest absolute Gasteiger partial charge is 0.774 e. The highest BCUT2D eigenvalue weighted by Crippen LogP contribution is 2.31. The van der Waals surface area contributed by atoms with Crippen molar-refractivity contribution in [2.75, 3.05) is 14.2 Å². The number of aromatic nitrogens is 1. The van der Waals surface area contributed by atoms with Crippen LogP contribution in [0, 0.1) is 6.92 Å². The Morgan fingerprint density at radius 3 is 2.71 bits per heavy atom. The van der Waals surface area contributed by atoms with Gasteiger partial charge in [-0.2, -0.15) is 0 Å². The summed E-state index contributed by atoms with van der Waals surface area (Å²) >= 11 is -0.504. The minimum absolute atomic E-state index is 0.504. The number of methoxy groups -OCH3 is 1. The lowest BCUT2D eigenvalue weighted by Gasteiger charge is -2.11. The molecule has 17 heavy (non-hydrogen) atoms. The van der Waals surface area contributed by atoms with Gasteiger partial charge in [-0.05, 0) is 19.1 Å². The molecule has 0 saturated carbocycles. The van der Waals surface area contributed by atoms with E-state index < -0.39 is 15.9 Å². The number of hydrogen-bond acceptors (Lipinski definition) is 4. The first-order valence-corrected chi connectivity index (χ1v) is 6.16. The molecule has 0 fully saturated rings. The molecule has 1 aromatic carbocycles. The first-order chi connectivity index (χ1) is 8.26. The van der Waals surface area contributed by atoms with Crippen LogP contribution in [0.25, 0.3) is 10.9 Å². The van der Waals surface area contributed by atoms with Gasteiger partial charge in [-0.3, -0.25) is 0 Å². The van der Waals surface area contributed by atoms with Gasteiger partial charge >= 0.3 is 15.9 Å². The normalized spacial score (nSPS) is 10.3. The van der Waals surface area contributed by atoms with Crippen molar-refractivity contribution in [3.63, 3.8) is 0 Å². The van der Waals surface area contributed by atoms with Crippen LogP contribution in [0.4, 0.5) is 0 Å². The summed E-state index contributed by atoms with van der Waals surface area (Å²) < 4.78 is 15.9. The highest BCUT2D eigenvalue weighted by Gasteiger charge is 2.10. The van der Waals surface area contributed by atoms with E-state index in [1.54, 1.807) is 14.2 Å². The zero-order valence-corrected chi connectivity index (χ0v) is 11.2. The van der Waals surface area contributed by atoms with Crippen LogP contribution in [0.5, 0.6) is 11.5 Å². The molecule has 0 N–H and O–H groups in total. The van der Waals surface area contributed by atoms with Crippen molar-refractivity contribution in [3.05, 3.63) is 30.0 Å². The third-order valence-corrected chi connectivity index (χ3v) is 2.93. The van der Waals surface area contributed by atoms with Crippen LogP contribution in [0.1, 0.15) is 5.69 Å². The van der Waals surface area contributed by atoms with E-state index in [0.29, 0.717) is 0 Å². The maximum atomic E-state index is 5.57. The van der Waals surface area contributed by atoms with E-state index in [0.717, 1.165) is 28.1 Å². The van der Waals surface area contributed by atoms with Gasteiger partial charge in [-0.25, -0.2) is 4.98 Å². The minimum Gasteiger partial charge on any atom is -0.624 e. The Kier molecular flexibility index (Phi) is 3.85. The van der Waals surface area contributed by atoms with Crippen LogP contribution in [-0.2, 0) is 3.79 Å². The Bertz CT molecular complexity index is 530. The Hall–Kier alpha value is -1.28. The number of para-hydroxylation sites is 1. The number of benzene rings is 1. The van der Waals surface area contributed by atoms with E-state index >= 15 is 0 Å². The summed E-state index contributed by atoms with van der Waals surface area (Å²) in [5.41, 5.74) is 1.71. The second kappa shape index (κ2) is 5.37. The Morgan fingerprint density at radius 1 is 1.18 bits per heavy atom. The molecule has 1 heterocycles. The molecule has 5 heteroatoms. The van der Waals surface area contributed by atoms with Crippen LogP contribution in [0.3, 0.4) is 0 Å². The van der Waals surface area contributed by atoms with Crippen LogP contribution in [0.15, 0.2) is 24.3 Å². The average Bonchev–Trinajstić information content (AvgIpc) is 2.35. The fourth-order valence-electron chi connectivity index (χ4n) is 1.68. The lowest BCUT2D eigenvalue weighted by molar-refractivity contribution is 0.367. The molecule has 0 atom stereocenters. The SMILES string of the molecule is C[O][Al][O]c1cccc2c(OC)cc(C)nc12. The van der Waals surface area contributed by atoms with Gasteiger partial charge in [-0.1, -0.05) is 6.07 Å². The zero-order valence-electron chi connectivity index (χ0n) is 10.1. The molecule has 0 amide bonds. The fourth-order valence-corrected chi connectivity index (χ4v) is 2.07. The van der Waals surface area contributed by atoms with Crippen molar-refractivity contribution in [1.82, 2.24) is 4.98 Å². The number of pyridine rings is 1. The molecule has 1 aromatic heterocycles. The maximum absolute atomic E-state index is 5.57. The number of hydrogen-bond donors (Lipinski definition) is 0. The van der Waals surface area contributed by atoms with Gasteiger partial charge in [0.2, 0.25) is 0 Å². The predicted octanol–water partition coefficient (Wildman–Crippen LogP) is 2.11. The van der Waals surface area contributed by atoms with Crippen molar-refractivity contribution in [3.8, 4) is 11.5 Å². The topological polar surface area (TPSA) is 40.6 Å². The first-order valence-electron chi connectivity index (χ1n) is 5.21. The smallest absolute Gasteiger partial charge is 0.624 e. The Labute approximate surface area is 107 Å². The van der Waals surface area contributed by atoms with E-state index in [4.69, 9.17) is 12.3 Å². The van der Waals surface area contributed by atoms with E-state index in [-0.39, 0.29) is 0 Å². The quantitative estimate of drug-likeness (QED) is 0.775. The van der Waals surface area contributed by atoms with Crippen molar-refractivity contribution in [2.24, 2.45) is 0 Å². The molecular formula is C12H13AlNO3. The van der Waals surface area contributed by atoms with Crippen LogP contribution in [-0.4, -0.2) is 35.1 Å². The highest BCUT2D eigenvalue weighted by atomic mass is 27.2. The Morgan fingerprint density at radius 2 is 2.00 bits per heavy atom. The van der Waals surface area contributed by atoms with E-state index in [1.165, 1.54) is 0 Å². The van der Waals surface area contributed by atoms with Crippen molar-refractivity contribution < 1.29 is 12.3 Å². The van der Waals surface area contributed by atoms with Gasteiger partial charge in [-0.15, -0.1) is 0 Å². The summed E-state index contributed by atoms with van der Waals surface area (Å²) in [6.07, 6.45) is 0. The van der Waals surface area contributed by atoms with E-state index in [2.05, 4.69) is 4.98 Å². The third kappa shape index (κ3) is 2.52. The molecule has 4 nitrogen and oxygen atoms in total. The van der Waals surface area contributed by atoms with E-state index in [1.807, 2.05) is 31.2 Å². The van der Waals surface area contributed by atoms with Crippen LogP contribution in [0.2, 0.25) is 0 Å². The second-order valence-corrected chi connectivity index (χ2v) is 4.47. The fraction of sp³-hybridized carbons (Fsp3) is 0.250.